The van der Waals surface area contributed by atoms with Gasteiger partial charge in [0.1, 0.15) is 0 Å². The fraction of sp³-hybridized carbons (Fsp3) is 0.750. The minimum Gasteiger partial charge on any atom is -0.342 e. The monoisotopic (exact) mass is 273 g/mol. The molecule has 2 aliphatic carbocycles. The molecule has 4 rings (SSSR count). The first-order valence-corrected chi connectivity index (χ1v) is 7.98. The molecule has 1 aromatic rings. The quantitative estimate of drug-likeness (QED) is 0.916. The molecule has 0 spiro atoms. The number of amides is 1. The predicted molar refractivity (Wildman–Crippen MR) is 76.3 cm³/mol. The van der Waals surface area contributed by atoms with Crippen LogP contribution in [-0.4, -0.2) is 34.1 Å². The molecule has 1 aromatic heterocycles. The van der Waals surface area contributed by atoms with Crippen molar-refractivity contribution in [2.75, 3.05) is 13.1 Å². The second-order valence-electron chi connectivity index (χ2n) is 7.16. The molecule has 1 saturated heterocycles. The number of aromatic amines is 1. The van der Waals surface area contributed by atoms with Crippen molar-refractivity contribution >= 4 is 5.91 Å². The van der Waals surface area contributed by atoms with Crippen LogP contribution in [0.15, 0.2) is 0 Å². The molecule has 2 fully saturated rings. The van der Waals surface area contributed by atoms with Crippen molar-refractivity contribution < 1.29 is 4.79 Å². The van der Waals surface area contributed by atoms with Gasteiger partial charge in [0, 0.05) is 31.6 Å². The third kappa shape index (κ3) is 1.97. The number of nitrogens with one attached hydrogen (secondary N) is 1. The van der Waals surface area contributed by atoms with E-state index in [-0.39, 0.29) is 0 Å². The number of fused-ring (bicyclic) bond motifs is 2. The summed E-state index contributed by atoms with van der Waals surface area (Å²) in [5.74, 6) is 1.11. The van der Waals surface area contributed by atoms with E-state index in [0.717, 1.165) is 44.0 Å². The summed E-state index contributed by atoms with van der Waals surface area (Å²) in [7, 11) is 0. The van der Waals surface area contributed by atoms with Gasteiger partial charge < -0.3 is 4.90 Å². The summed E-state index contributed by atoms with van der Waals surface area (Å²) in [5.41, 5.74) is 4.32. The lowest BCUT2D eigenvalue weighted by molar-refractivity contribution is -0.130. The number of hydrogen-bond acceptors (Lipinski definition) is 2. The first-order chi connectivity index (χ1) is 9.66. The fourth-order valence-electron chi connectivity index (χ4n) is 4.08. The van der Waals surface area contributed by atoms with Crippen molar-refractivity contribution in [3.8, 4) is 0 Å². The number of likely N-dealkylation sites (tertiary alicyclic amines) is 1. The largest absolute Gasteiger partial charge is 0.342 e. The van der Waals surface area contributed by atoms with Crippen LogP contribution in [0.1, 0.15) is 49.6 Å². The summed E-state index contributed by atoms with van der Waals surface area (Å²) in [6, 6.07) is 0. The van der Waals surface area contributed by atoms with Crippen LogP contribution in [0.2, 0.25) is 0 Å². The van der Waals surface area contributed by atoms with E-state index >= 15 is 0 Å². The molecule has 2 unspecified atom stereocenters. The lowest BCUT2D eigenvalue weighted by Crippen LogP contribution is -2.31. The van der Waals surface area contributed by atoms with Crippen LogP contribution in [-0.2, 0) is 24.1 Å². The third-order valence-corrected chi connectivity index (χ3v) is 5.60. The molecule has 108 valence electrons. The smallest absolute Gasteiger partial charge is 0.222 e. The second kappa shape index (κ2) is 4.34. The van der Waals surface area contributed by atoms with Crippen molar-refractivity contribution in [3.05, 3.63) is 17.0 Å². The molecule has 0 radical (unpaired) electrons. The van der Waals surface area contributed by atoms with Gasteiger partial charge in [-0.1, -0.05) is 6.92 Å². The summed E-state index contributed by atoms with van der Waals surface area (Å²) in [6.07, 6.45) is 7.55. The number of aromatic nitrogens is 2. The van der Waals surface area contributed by atoms with Crippen molar-refractivity contribution in [3.63, 3.8) is 0 Å². The Kier molecular flexibility index (Phi) is 2.69. The molecule has 1 aliphatic heterocycles. The van der Waals surface area contributed by atoms with Crippen LogP contribution >= 0.6 is 0 Å². The molecule has 3 aliphatic rings. The van der Waals surface area contributed by atoms with Crippen LogP contribution in [0.5, 0.6) is 0 Å². The molecule has 4 heteroatoms. The van der Waals surface area contributed by atoms with Gasteiger partial charge in [-0.05, 0) is 49.0 Å². The molecular weight excluding hydrogens is 250 g/mol. The number of rotatable bonds is 3. The summed E-state index contributed by atoms with van der Waals surface area (Å²) < 4.78 is 0. The van der Waals surface area contributed by atoms with Gasteiger partial charge in [0.2, 0.25) is 5.91 Å². The number of hydrogen-bond donors (Lipinski definition) is 1. The van der Waals surface area contributed by atoms with E-state index in [9.17, 15) is 4.79 Å². The van der Waals surface area contributed by atoms with Crippen LogP contribution < -0.4 is 0 Å². The summed E-state index contributed by atoms with van der Waals surface area (Å²) in [4.78, 5) is 14.4. The maximum Gasteiger partial charge on any atom is 0.222 e. The summed E-state index contributed by atoms with van der Waals surface area (Å²) >= 11 is 0. The number of piperidine rings is 1. The Labute approximate surface area is 119 Å². The highest BCUT2D eigenvalue weighted by atomic mass is 16.2. The topological polar surface area (TPSA) is 49.0 Å². The number of nitrogens with zero attached hydrogens (tertiary/aromatic N) is 2. The minimum absolute atomic E-state index is 0.325. The molecule has 2 atom stereocenters. The first-order valence-electron chi connectivity index (χ1n) is 7.98. The van der Waals surface area contributed by atoms with Crippen LogP contribution in [0.4, 0.5) is 0 Å². The van der Waals surface area contributed by atoms with Crippen molar-refractivity contribution in [2.45, 2.75) is 51.9 Å². The Morgan fingerprint density at radius 2 is 2.30 bits per heavy atom. The maximum atomic E-state index is 12.3. The number of H-pyrrole nitrogens is 1. The average Bonchev–Trinajstić information content (AvgIpc) is 2.82. The van der Waals surface area contributed by atoms with E-state index < -0.39 is 0 Å². The van der Waals surface area contributed by atoms with E-state index in [2.05, 4.69) is 22.0 Å². The highest BCUT2D eigenvalue weighted by Crippen LogP contribution is 2.57. The molecule has 0 aromatic carbocycles. The van der Waals surface area contributed by atoms with E-state index in [0.29, 0.717) is 17.7 Å². The lowest BCUT2D eigenvalue weighted by Gasteiger charge is -2.19. The maximum absolute atomic E-state index is 12.3. The SMILES string of the molecule is CC12CC1CN(C(=O)CCc1n[nH]c3c1CCCC3)C2. The van der Waals surface area contributed by atoms with Crippen molar-refractivity contribution in [1.29, 1.82) is 0 Å². The van der Waals surface area contributed by atoms with Gasteiger partial charge in [0.15, 0.2) is 0 Å². The van der Waals surface area contributed by atoms with Crippen LogP contribution in [0, 0.1) is 11.3 Å². The highest BCUT2D eigenvalue weighted by Gasteiger charge is 2.56. The Morgan fingerprint density at radius 3 is 3.10 bits per heavy atom. The standard InChI is InChI=1S/C16H23N3O/c1-16-8-11(16)9-19(10-16)15(20)7-6-14-12-4-2-3-5-13(12)17-18-14/h11H,2-10H2,1H3,(H,17,18). The molecule has 1 amide bonds. The van der Waals surface area contributed by atoms with E-state index in [1.165, 1.54) is 30.5 Å². The number of carbonyl (C=O) groups is 1. The summed E-state index contributed by atoms with van der Waals surface area (Å²) in [6.45, 7) is 4.29. The molecule has 2 heterocycles. The zero-order valence-electron chi connectivity index (χ0n) is 12.2. The van der Waals surface area contributed by atoms with E-state index in [4.69, 9.17) is 0 Å². The molecular formula is C16H23N3O. The minimum atomic E-state index is 0.325. The average molecular weight is 273 g/mol. The zero-order valence-corrected chi connectivity index (χ0v) is 12.2. The van der Waals surface area contributed by atoms with Gasteiger partial charge in [-0.3, -0.25) is 9.89 Å². The first kappa shape index (κ1) is 12.4. The van der Waals surface area contributed by atoms with E-state index in [1.807, 2.05) is 0 Å². The zero-order chi connectivity index (χ0) is 13.7. The van der Waals surface area contributed by atoms with Gasteiger partial charge >= 0.3 is 0 Å². The third-order valence-electron chi connectivity index (χ3n) is 5.60. The van der Waals surface area contributed by atoms with Gasteiger partial charge in [-0.2, -0.15) is 5.10 Å². The highest BCUT2D eigenvalue weighted by molar-refractivity contribution is 5.77. The van der Waals surface area contributed by atoms with Gasteiger partial charge in [-0.15, -0.1) is 0 Å². The normalized spacial score (nSPS) is 31.1. The van der Waals surface area contributed by atoms with Gasteiger partial charge in [-0.25, -0.2) is 0 Å². The van der Waals surface area contributed by atoms with Crippen molar-refractivity contribution in [1.82, 2.24) is 15.1 Å². The molecule has 1 N–H and O–H groups in total. The van der Waals surface area contributed by atoms with E-state index in [1.54, 1.807) is 0 Å². The lowest BCUT2D eigenvalue weighted by atomic mass is 9.94. The fourth-order valence-corrected chi connectivity index (χ4v) is 4.08. The second-order valence-corrected chi connectivity index (χ2v) is 7.16. The van der Waals surface area contributed by atoms with Crippen LogP contribution in [0.25, 0.3) is 0 Å². The Balaban J connectivity index is 1.36. The molecule has 1 saturated carbocycles. The Hall–Kier alpha value is -1.32. The molecule has 0 bridgehead atoms. The Bertz CT molecular complexity index is 550. The summed E-state index contributed by atoms with van der Waals surface area (Å²) in [5, 5.41) is 7.60. The predicted octanol–water partition coefficient (Wildman–Crippen LogP) is 2.09. The van der Waals surface area contributed by atoms with Gasteiger partial charge in [0.25, 0.3) is 0 Å². The number of carbonyl (C=O) groups excluding carboxylic acids is 1. The molecule has 20 heavy (non-hydrogen) atoms. The molecule has 4 nitrogen and oxygen atoms in total. The Morgan fingerprint density at radius 1 is 1.45 bits per heavy atom. The van der Waals surface area contributed by atoms with Gasteiger partial charge in [0.05, 0.1) is 5.69 Å². The van der Waals surface area contributed by atoms with Crippen molar-refractivity contribution in [2.24, 2.45) is 11.3 Å². The van der Waals surface area contributed by atoms with Crippen LogP contribution in [0.3, 0.4) is 0 Å². The number of aryl methyl sites for hydroxylation is 2.